The van der Waals surface area contributed by atoms with Gasteiger partial charge in [0.25, 0.3) is 0 Å². The van der Waals surface area contributed by atoms with E-state index in [0.717, 1.165) is 44.6 Å². The van der Waals surface area contributed by atoms with Gasteiger partial charge in [0.2, 0.25) is 0 Å². The molecule has 1 unspecified atom stereocenters. The van der Waals surface area contributed by atoms with Crippen molar-refractivity contribution < 1.29 is 9.50 Å². The van der Waals surface area contributed by atoms with Crippen molar-refractivity contribution in [1.29, 1.82) is 0 Å². The number of piperidine rings is 1. The minimum atomic E-state index is -0.117. The molecule has 1 aromatic rings. The molecule has 110 valence electrons. The van der Waals surface area contributed by atoms with Crippen LogP contribution in [0.15, 0.2) is 23.1 Å². The van der Waals surface area contributed by atoms with Crippen LogP contribution in [0.25, 0.3) is 0 Å². The summed E-state index contributed by atoms with van der Waals surface area (Å²) in [5.74, 6) is 2.15. The van der Waals surface area contributed by atoms with E-state index in [1.807, 2.05) is 17.8 Å². The third-order valence-corrected chi connectivity index (χ3v) is 5.83. The zero-order valence-corrected chi connectivity index (χ0v) is 12.5. The van der Waals surface area contributed by atoms with Gasteiger partial charge in [-0.15, -0.1) is 11.8 Å². The molecule has 0 aliphatic carbocycles. The van der Waals surface area contributed by atoms with Gasteiger partial charge in [-0.25, -0.2) is 4.39 Å². The number of hydrogen-bond acceptors (Lipinski definition) is 3. The highest BCUT2D eigenvalue weighted by Crippen LogP contribution is 2.34. The fourth-order valence-electron chi connectivity index (χ4n) is 3.26. The summed E-state index contributed by atoms with van der Waals surface area (Å²) in [4.78, 5) is 3.77. The van der Waals surface area contributed by atoms with Gasteiger partial charge in [0.1, 0.15) is 5.82 Å². The van der Waals surface area contributed by atoms with E-state index in [2.05, 4.69) is 4.90 Å². The number of halogens is 1. The van der Waals surface area contributed by atoms with Crippen LogP contribution in [0.1, 0.15) is 18.4 Å². The lowest BCUT2D eigenvalue weighted by Gasteiger charge is -2.35. The highest BCUT2D eigenvalue weighted by molar-refractivity contribution is 7.99. The van der Waals surface area contributed by atoms with E-state index in [9.17, 15) is 9.50 Å². The quantitative estimate of drug-likeness (QED) is 0.927. The van der Waals surface area contributed by atoms with Crippen molar-refractivity contribution in [1.82, 2.24) is 4.90 Å². The molecule has 4 heteroatoms. The van der Waals surface area contributed by atoms with Gasteiger partial charge < -0.3 is 10.0 Å². The third kappa shape index (κ3) is 3.35. The molecule has 0 aromatic heterocycles. The van der Waals surface area contributed by atoms with E-state index in [-0.39, 0.29) is 5.82 Å². The molecule has 1 atom stereocenters. The van der Waals surface area contributed by atoms with Crippen LogP contribution >= 0.6 is 11.8 Å². The zero-order chi connectivity index (χ0) is 13.9. The van der Waals surface area contributed by atoms with Gasteiger partial charge in [-0.1, -0.05) is 0 Å². The Hall–Kier alpha value is -0.580. The molecule has 2 nitrogen and oxygen atoms in total. The molecule has 2 aliphatic rings. The van der Waals surface area contributed by atoms with Gasteiger partial charge in [-0.3, -0.25) is 0 Å². The van der Waals surface area contributed by atoms with Crippen LogP contribution in [0.4, 0.5) is 4.39 Å². The van der Waals surface area contributed by atoms with Gasteiger partial charge >= 0.3 is 0 Å². The van der Waals surface area contributed by atoms with Gasteiger partial charge in [-0.2, -0.15) is 0 Å². The fourth-order valence-corrected chi connectivity index (χ4v) is 4.39. The SMILES string of the molecule is OCC1CCN(CC2CSc3ccc(F)cc3C2)CC1. The third-order valence-electron chi connectivity index (χ3n) is 4.49. The van der Waals surface area contributed by atoms with Gasteiger partial charge in [0.05, 0.1) is 0 Å². The second kappa shape index (κ2) is 6.46. The van der Waals surface area contributed by atoms with Crippen LogP contribution in [0.5, 0.6) is 0 Å². The highest BCUT2D eigenvalue weighted by atomic mass is 32.2. The van der Waals surface area contributed by atoms with E-state index in [1.165, 1.54) is 10.5 Å². The minimum absolute atomic E-state index is 0.117. The van der Waals surface area contributed by atoms with E-state index in [0.29, 0.717) is 18.4 Å². The molecule has 1 fully saturated rings. The van der Waals surface area contributed by atoms with Crippen LogP contribution < -0.4 is 0 Å². The first kappa shape index (κ1) is 14.4. The molecule has 20 heavy (non-hydrogen) atoms. The molecule has 2 heterocycles. The highest BCUT2D eigenvalue weighted by Gasteiger charge is 2.24. The molecule has 2 aliphatic heterocycles. The maximum Gasteiger partial charge on any atom is 0.123 e. The van der Waals surface area contributed by atoms with Gasteiger partial charge in [0, 0.05) is 23.8 Å². The van der Waals surface area contributed by atoms with Gasteiger partial charge in [0.15, 0.2) is 0 Å². The van der Waals surface area contributed by atoms with E-state index >= 15 is 0 Å². The first-order chi connectivity index (χ1) is 9.74. The number of aliphatic hydroxyl groups is 1. The lowest BCUT2D eigenvalue weighted by atomic mass is 9.95. The van der Waals surface area contributed by atoms with Crippen LogP contribution in [-0.4, -0.2) is 42.0 Å². The average molecular weight is 295 g/mol. The van der Waals surface area contributed by atoms with Crippen molar-refractivity contribution in [3.63, 3.8) is 0 Å². The largest absolute Gasteiger partial charge is 0.396 e. The standard InChI is InChI=1S/C16H22FNOS/c17-15-1-2-16-14(8-15)7-13(11-20-16)9-18-5-3-12(10-19)4-6-18/h1-2,8,12-13,19H,3-7,9-11H2. The second-order valence-electron chi connectivity index (χ2n) is 6.06. The molecule has 1 saturated heterocycles. The number of likely N-dealkylation sites (tertiary alicyclic amines) is 1. The summed E-state index contributed by atoms with van der Waals surface area (Å²) in [7, 11) is 0. The minimum Gasteiger partial charge on any atom is -0.396 e. The number of aliphatic hydroxyl groups excluding tert-OH is 1. The summed E-state index contributed by atoms with van der Waals surface area (Å²) < 4.78 is 13.3. The average Bonchev–Trinajstić information content (AvgIpc) is 2.47. The molecule has 1 aromatic carbocycles. The topological polar surface area (TPSA) is 23.5 Å². The predicted molar refractivity (Wildman–Crippen MR) is 80.6 cm³/mol. The molecule has 0 radical (unpaired) electrons. The van der Waals surface area contributed by atoms with Crippen LogP contribution in [0.3, 0.4) is 0 Å². The molecule has 3 rings (SSSR count). The molecule has 0 saturated carbocycles. The molecule has 0 spiro atoms. The lowest BCUT2D eigenvalue weighted by molar-refractivity contribution is 0.121. The first-order valence-corrected chi connectivity index (χ1v) is 8.47. The first-order valence-electron chi connectivity index (χ1n) is 7.49. The summed E-state index contributed by atoms with van der Waals surface area (Å²) in [5, 5.41) is 9.18. The smallest absolute Gasteiger partial charge is 0.123 e. The number of hydrogen-bond donors (Lipinski definition) is 1. The predicted octanol–water partition coefficient (Wildman–Crippen LogP) is 2.79. The summed E-state index contributed by atoms with van der Waals surface area (Å²) in [6.07, 6.45) is 3.23. The van der Waals surface area contributed by atoms with Crippen molar-refractivity contribution in [2.75, 3.05) is 32.0 Å². The summed E-state index contributed by atoms with van der Waals surface area (Å²) in [6, 6.07) is 5.18. The number of benzene rings is 1. The second-order valence-corrected chi connectivity index (χ2v) is 7.12. The van der Waals surface area contributed by atoms with Crippen LogP contribution in [0, 0.1) is 17.7 Å². The van der Waals surface area contributed by atoms with E-state index in [4.69, 9.17) is 0 Å². The Kier molecular flexibility index (Phi) is 4.64. The molecular formula is C16H22FNOS. The van der Waals surface area contributed by atoms with Crippen LogP contribution in [0.2, 0.25) is 0 Å². The Bertz CT molecular complexity index is 460. The Morgan fingerprint density at radius 3 is 2.80 bits per heavy atom. The number of rotatable bonds is 3. The van der Waals surface area contributed by atoms with Crippen molar-refractivity contribution >= 4 is 11.8 Å². The Morgan fingerprint density at radius 1 is 1.25 bits per heavy atom. The zero-order valence-electron chi connectivity index (χ0n) is 11.7. The fraction of sp³-hybridized carbons (Fsp3) is 0.625. The Labute approximate surface area is 124 Å². The monoisotopic (exact) mass is 295 g/mol. The normalized spacial score (nSPS) is 24.6. The summed E-state index contributed by atoms with van der Waals surface area (Å²) >= 11 is 1.87. The van der Waals surface area contributed by atoms with E-state index in [1.54, 1.807) is 12.1 Å². The van der Waals surface area contributed by atoms with E-state index < -0.39 is 0 Å². The summed E-state index contributed by atoms with van der Waals surface area (Å²) in [5.41, 5.74) is 1.18. The number of thioether (sulfide) groups is 1. The van der Waals surface area contributed by atoms with Crippen molar-refractivity contribution in [3.8, 4) is 0 Å². The van der Waals surface area contributed by atoms with Gasteiger partial charge in [-0.05, 0) is 68.0 Å². The van der Waals surface area contributed by atoms with Crippen molar-refractivity contribution in [3.05, 3.63) is 29.6 Å². The van der Waals surface area contributed by atoms with Crippen LogP contribution in [-0.2, 0) is 6.42 Å². The summed E-state index contributed by atoms with van der Waals surface area (Å²) in [6.45, 7) is 3.64. The van der Waals surface area contributed by atoms with Crippen molar-refractivity contribution in [2.45, 2.75) is 24.2 Å². The Morgan fingerprint density at radius 2 is 2.05 bits per heavy atom. The molecule has 0 amide bonds. The maximum absolute atomic E-state index is 13.3. The molecule has 0 bridgehead atoms. The molecular weight excluding hydrogens is 273 g/mol. The van der Waals surface area contributed by atoms with Crippen molar-refractivity contribution in [2.24, 2.45) is 11.8 Å². The lowest BCUT2D eigenvalue weighted by Crippen LogP contribution is -2.39. The molecule has 1 N–H and O–H groups in total. The number of fused-ring (bicyclic) bond motifs is 1. The number of nitrogens with zero attached hydrogens (tertiary/aromatic N) is 1. The maximum atomic E-state index is 13.3. The Balaban J connectivity index is 1.55.